The van der Waals surface area contributed by atoms with E-state index >= 15 is 0 Å². The lowest BCUT2D eigenvalue weighted by atomic mass is 9.90. The summed E-state index contributed by atoms with van der Waals surface area (Å²) < 4.78 is 21.3. The van der Waals surface area contributed by atoms with Gasteiger partial charge in [0.15, 0.2) is 35.6 Å². The van der Waals surface area contributed by atoms with Gasteiger partial charge in [-0.25, -0.2) is 9.59 Å². The summed E-state index contributed by atoms with van der Waals surface area (Å²) in [6.07, 6.45) is 0.808. The van der Waals surface area contributed by atoms with Crippen LogP contribution in [-0.2, 0) is 0 Å². The maximum atomic E-state index is 11.9. The third-order valence-electron chi connectivity index (χ3n) is 4.31. The largest absolute Gasteiger partial charge is 0.478 e. The third-order valence-corrected chi connectivity index (χ3v) is 4.31. The topological polar surface area (TPSA) is 146 Å². The second-order valence-electron chi connectivity index (χ2n) is 5.75. The van der Waals surface area contributed by atoms with Crippen LogP contribution < -0.4 is 18.9 Å². The second kappa shape index (κ2) is 6.27. The first kappa shape index (κ1) is 17.3. The summed E-state index contributed by atoms with van der Waals surface area (Å²) in [4.78, 5) is 46.4. The van der Waals surface area contributed by atoms with Gasteiger partial charge in [0.05, 0.1) is 22.3 Å². The van der Waals surface area contributed by atoms with E-state index in [0.717, 1.165) is 12.1 Å². The van der Waals surface area contributed by atoms with Crippen molar-refractivity contribution in [3.63, 3.8) is 0 Å². The van der Waals surface area contributed by atoms with Crippen molar-refractivity contribution >= 4 is 24.5 Å². The highest BCUT2D eigenvalue weighted by molar-refractivity contribution is 6.09. The van der Waals surface area contributed by atoms with Crippen molar-refractivity contribution < 1.29 is 48.3 Å². The molecule has 2 heterocycles. The van der Waals surface area contributed by atoms with E-state index in [2.05, 4.69) is 0 Å². The summed E-state index contributed by atoms with van der Waals surface area (Å²) in [6, 6.07) is 2.11. The molecule has 0 saturated heterocycles. The van der Waals surface area contributed by atoms with E-state index in [1.54, 1.807) is 0 Å². The Morgan fingerprint density at radius 1 is 0.714 bits per heavy atom. The first-order valence-corrected chi connectivity index (χ1v) is 7.78. The summed E-state index contributed by atoms with van der Waals surface area (Å²) in [6.45, 7) is -0.582. The molecule has 142 valence electrons. The molecule has 0 spiro atoms. The van der Waals surface area contributed by atoms with E-state index in [4.69, 9.17) is 18.9 Å². The highest BCUT2D eigenvalue weighted by Crippen LogP contribution is 2.53. The zero-order chi connectivity index (χ0) is 20.0. The molecule has 2 N–H and O–H groups in total. The van der Waals surface area contributed by atoms with Crippen LogP contribution in [-0.4, -0.2) is 48.3 Å². The van der Waals surface area contributed by atoms with Gasteiger partial charge in [0.25, 0.3) is 0 Å². The number of aromatic carboxylic acids is 2. The first-order valence-electron chi connectivity index (χ1n) is 7.78. The van der Waals surface area contributed by atoms with Crippen LogP contribution in [0, 0.1) is 0 Å². The summed E-state index contributed by atoms with van der Waals surface area (Å²) in [5.41, 5.74) is -1.23. The van der Waals surface area contributed by atoms with Crippen LogP contribution in [0.3, 0.4) is 0 Å². The van der Waals surface area contributed by atoms with Gasteiger partial charge in [0.2, 0.25) is 13.6 Å². The van der Waals surface area contributed by atoms with Gasteiger partial charge in [0, 0.05) is 11.1 Å². The van der Waals surface area contributed by atoms with Gasteiger partial charge in [-0.05, 0) is 12.1 Å². The molecule has 4 rings (SSSR count). The molecule has 10 nitrogen and oxygen atoms in total. The predicted molar refractivity (Wildman–Crippen MR) is 88.8 cm³/mol. The molecular weight excluding hydrogens is 376 g/mol. The number of carboxylic acid groups (broad SMARTS) is 2. The molecule has 0 atom stereocenters. The van der Waals surface area contributed by atoms with Gasteiger partial charge in [0.1, 0.15) is 0 Å². The Labute approximate surface area is 155 Å². The first-order chi connectivity index (χ1) is 13.5. The van der Waals surface area contributed by atoms with Crippen LogP contribution in [0.4, 0.5) is 0 Å². The van der Waals surface area contributed by atoms with Crippen LogP contribution in [0.25, 0.3) is 11.1 Å². The van der Waals surface area contributed by atoms with Crippen LogP contribution in [0.5, 0.6) is 23.0 Å². The van der Waals surface area contributed by atoms with Crippen molar-refractivity contribution in [2.45, 2.75) is 0 Å². The zero-order valence-corrected chi connectivity index (χ0v) is 13.9. The number of rotatable bonds is 5. The van der Waals surface area contributed by atoms with Gasteiger partial charge < -0.3 is 29.2 Å². The quantitative estimate of drug-likeness (QED) is 0.730. The Balaban J connectivity index is 2.17. The molecule has 0 aromatic heterocycles. The molecule has 0 fully saturated rings. The van der Waals surface area contributed by atoms with E-state index in [-0.39, 0.29) is 58.8 Å². The predicted octanol–water partition coefficient (Wildman–Crippen LogP) is 1.83. The fourth-order valence-corrected chi connectivity index (χ4v) is 3.20. The number of benzene rings is 2. The summed E-state index contributed by atoms with van der Waals surface area (Å²) in [5, 5.41) is 19.3. The van der Waals surface area contributed by atoms with E-state index in [9.17, 15) is 29.4 Å². The van der Waals surface area contributed by atoms with E-state index in [1.807, 2.05) is 0 Å². The molecule has 10 heteroatoms. The fraction of sp³-hybridized carbons (Fsp3) is 0.111. The average molecular weight is 386 g/mol. The highest BCUT2D eigenvalue weighted by Gasteiger charge is 2.36. The van der Waals surface area contributed by atoms with Gasteiger partial charge in [-0.2, -0.15) is 0 Å². The standard InChI is InChI=1S/C18H10O10/c19-3-7-1-9(17(21)22)11(15-13(7)25-5-27-15)12-10(18(23)24)2-8(4-20)14-16(12)28-6-26-14/h1-4H,5-6H2,(H,21,22)(H,23,24). The van der Waals surface area contributed by atoms with E-state index in [1.165, 1.54) is 0 Å². The van der Waals surface area contributed by atoms with Crippen LogP contribution in [0.2, 0.25) is 0 Å². The van der Waals surface area contributed by atoms with Crippen molar-refractivity contribution in [2.24, 2.45) is 0 Å². The number of carbonyl (C=O) groups excluding carboxylic acids is 2. The van der Waals surface area contributed by atoms with Gasteiger partial charge in [-0.3, -0.25) is 9.59 Å². The maximum Gasteiger partial charge on any atom is 0.336 e. The van der Waals surface area contributed by atoms with Crippen molar-refractivity contribution in [1.82, 2.24) is 0 Å². The molecule has 0 amide bonds. The Kier molecular flexibility index (Phi) is 3.88. The lowest BCUT2D eigenvalue weighted by Gasteiger charge is -2.16. The molecule has 2 aromatic carbocycles. The number of hydrogen-bond donors (Lipinski definition) is 2. The second-order valence-corrected chi connectivity index (χ2v) is 5.75. The monoisotopic (exact) mass is 386 g/mol. The number of carboxylic acids is 2. The van der Waals surface area contributed by atoms with Crippen molar-refractivity contribution in [3.8, 4) is 34.1 Å². The Morgan fingerprint density at radius 2 is 1.07 bits per heavy atom. The summed E-state index contributed by atoms with van der Waals surface area (Å²) in [5.74, 6) is -3.11. The molecule has 0 radical (unpaired) electrons. The van der Waals surface area contributed by atoms with Gasteiger partial charge in [-0.15, -0.1) is 0 Å². The molecule has 2 aliphatic rings. The minimum absolute atomic E-state index is 0.0153. The van der Waals surface area contributed by atoms with Crippen LogP contribution >= 0.6 is 0 Å². The molecule has 0 aliphatic carbocycles. The zero-order valence-electron chi connectivity index (χ0n) is 13.9. The number of aldehydes is 2. The number of ether oxygens (including phenoxy) is 4. The lowest BCUT2D eigenvalue weighted by molar-refractivity contribution is 0.0684. The Bertz CT molecular complexity index is 984. The Morgan fingerprint density at radius 3 is 1.39 bits per heavy atom. The smallest absolute Gasteiger partial charge is 0.336 e. The SMILES string of the molecule is O=Cc1cc(C(=O)O)c(-c2c(C(=O)O)cc(C=O)c3c2OCO3)c2c1OCO2. The minimum Gasteiger partial charge on any atom is -0.478 e. The normalized spacial score (nSPS) is 13.3. The highest BCUT2D eigenvalue weighted by atomic mass is 16.7. The van der Waals surface area contributed by atoms with Crippen molar-refractivity contribution in [3.05, 3.63) is 34.4 Å². The minimum atomic E-state index is -1.43. The third kappa shape index (κ3) is 2.35. The number of carbonyl (C=O) groups is 4. The molecule has 2 aromatic rings. The maximum absolute atomic E-state index is 11.9. The number of hydrogen-bond acceptors (Lipinski definition) is 8. The fourth-order valence-electron chi connectivity index (χ4n) is 3.20. The average Bonchev–Trinajstić information content (AvgIpc) is 3.34. The molecule has 0 bridgehead atoms. The molecular formula is C18H10O10. The molecule has 0 saturated carbocycles. The van der Waals surface area contributed by atoms with Crippen molar-refractivity contribution in [1.29, 1.82) is 0 Å². The van der Waals surface area contributed by atoms with Crippen LogP contribution in [0.15, 0.2) is 12.1 Å². The van der Waals surface area contributed by atoms with E-state index in [0.29, 0.717) is 12.6 Å². The molecule has 0 unspecified atom stereocenters. The summed E-state index contributed by atoms with van der Waals surface area (Å²) in [7, 11) is 0. The van der Waals surface area contributed by atoms with Crippen molar-refractivity contribution in [2.75, 3.05) is 13.6 Å². The number of fused-ring (bicyclic) bond motifs is 2. The van der Waals surface area contributed by atoms with E-state index < -0.39 is 23.1 Å². The summed E-state index contributed by atoms with van der Waals surface area (Å²) >= 11 is 0. The lowest BCUT2D eigenvalue weighted by Crippen LogP contribution is -2.08. The van der Waals surface area contributed by atoms with Gasteiger partial charge >= 0.3 is 11.9 Å². The van der Waals surface area contributed by atoms with Crippen LogP contribution in [0.1, 0.15) is 41.4 Å². The van der Waals surface area contributed by atoms with Gasteiger partial charge in [-0.1, -0.05) is 0 Å². The molecule has 2 aliphatic heterocycles. The molecule has 28 heavy (non-hydrogen) atoms. The Hall–Kier alpha value is -4.08.